The van der Waals surface area contributed by atoms with Gasteiger partial charge in [0.05, 0.1) is 5.56 Å². The Labute approximate surface area is 107 Å². The van der Waals surface area contributed by atoms with Gasteiger partial charge >= 0.3 is 0 Å². The van der Waals surface area contributed by atoms with Gasteiger partial charge in [-0.3, -0.25) is 9.78 Å². The highest BCUT2D eigenvalue weighted by atomic mass is 16.1. The standard InChI is InChI=1S/C15H16N2O/c1-10-6-11(2)8-14(7-10)17-15(18)13-5-4-12(3)16-9-13/h4-9H,1-3H3,(H,17,18). The zero-order chi connectivity index (χ0) is 13.1. The van der Waals surface area contributed by atoms with Gasteiger partial charge in [-0.2, -0.15) is 0 Å². The van der Waals surface area contributed by atoms with Gasteiger partial charge < -0.3 is 5.32 Å². The number of rotatable bonds is 2. The van der Waals surface area contributed by atoms with Crippen molar-refractivity contribution >= 4 is 11.6 Å². The molecule has 1 heterocycles. The van der Waals surface area contributed by atoms with Crippen molar-refractivity contribution in [1.82, 2.24) is 4.98 Å². The number of aryl methyl sites for hydroxylation is 3. The molecule has 0 fully saturated rings. The Morgan fingerprint density at radius 2 is 1.72 bits per heavy atom. The number of aromatic nitrogens is 1. The normalized spacial score (nSPS) is 10.2. The number of hydrogen-bond donors (Lipinski definition) is 1. The monoisotopic (exact) mass is 240 g/mol. The van der Waals surface area contributed by atoms with E-state index in [0.29, 0.717) is 5.56 Å². The minimum Gasteiger partial charge on any atom is -0.322 e. The number of carbonyl (C=O) groups excluding carboxylic acids is 1. The van der Waals surface area contributed by atoms with E-state index in [1.165, 1.54) is 0 Å². The van der Waals surface area contributed by atoms with Crippen molar-refractivity contribution in [2.45, 2.75) is 20.8 Å². The van der Waals surface area contributed by atoms with Crippen LogP contribution in [0.25, 0.3) is 0 Å². The summed E-state index contributed by atoms with van der Waals surface area (Å²) in [6, 6.07) is 9.58. The van der Waals surface area contributed by atoms with E-state index < -0.39 is 0 Å². The molecule has 0 saturated heterocycles. The molecule has 1 amide bonds. The first-order valence-electron chi connectivity index (χ1n) is 5.87. The summed E-state index contributed by atoms with van der Waals surface area (Å²) in [6.45, 7) is 5.91. The quantitative estimate of drug-likeness (QED) is 0.875. The molecule has 2 rings (SSSR count). The second kappa shape index (κ2) is 5.00. The van der Waals surface area contributed by atoms with Gasteiger partial charge in [0.1, 0.15) is 0 Å². The van der Waals surface area contributed by atoms with Crippen LogP contribution in [0.5, 0.6) is 0 Å². The van der Waals surface area contributed by atoms with E-state index in [-0.39, 0.29) is 5.91 Å². The minimum absolute atomic E-state index is 0.132. The molecule has 92 valence electrons. The predicted octanol–water partition coefficient (Wildman–Crippen LogP) is 3.26. The maximum Gasteiger partial charge on any atom is 0.257 e. The fourth-order valence-corrected chi connectivity index (χ4v) is 1.85. The average Bonchev–Trinajstić information content (AvgIpc) is 2.28. The molecule has 3 heteroatoms. The van der Waals surface area contributed by atoms with Gasteiger partial charge in [0.15, 0.2) is 0 Å². The van der Waals surface area contributed by atoms with Crippen LogP contribution in [-0.2, 0) is 0 Å². The van der Waals surface area contributed by atoms with Crippen LogP contribution in [0, 0.1) is 20.8 Å². The number of nitrogens with zero attached hydrogens (tertiary/aromatic N) is 1. The lowest BCUT2D eigenvalue weighted by atomic mass is 10.1. The molecule has 0 bridgehead atoms. The van der Waals surface area contributed by atoms with Gasteiger partial charge in [-0.05, 0) is 56.2 Å². The van der Waals surface area contributed by atoms with E-state index in [1.807, 2.05) is 39.0 Å². The molecule has 0 aliphatic carbocycles. The third kappa shape index (κ3) is 2.94. The molecule has 0 aliphatic heterocycles. The van der Waals surface area contributed by atoms with E-state index in [4.69, 9.17) is 0 Å². The maximum absolute atomic E-state index is 12.0. The van der Waals surface area contributed by atoms with Crippen LogP contribution in [-0.4, -0.2) is 10.9 Å². The van der Waals surface area contributed by atoms with Crippen molar-refractivity contribution < 1.29 is 4.79 Å². The maximum atomic E-state index is 12.0. The molecule has 2 aromatic rings. The average molecular weight is 240 g/mol. The molecule has 0 saturated carbocycles. The number of amides is 1. The van der Waals surface area contributed by atoms with Crippen LogP contribution in [0.2, 0.25) is 0 Å². The summed E-state index contributed by atoms with van der Waals surface area (Å²) in [5.41, 5.74) is 4.55. The zero-order valence-corrected chi connectivity index (χ0v) is 10.8. The lowest BCUT2D eigenvalue weighted by Gasteiger charge is -2.07. The first kappa shape index (κ1) is 12.3. The van der Waals surface area contributed by atoms with Gasteiger partial charge in [-0.25, -0.2) is 0 Å². The van der Waals surface area contributed by atoms with Crippen molar-refractivity contribution in [3.05, 3.63) is 58.9 Å². The van der Waals surface area contributed by atoms with Crippen LogP contribution in [0.1, 0.15) is 27.2 Å². The molecule has 1 N–H and O–H groups in total. The number of carbonyl (C=O) groups is 1. The molecular formula is C15H16N2O. The van der Waals surface area contributed by atoms with Gasteiger partial charge in [0.25, 0.3) is 5.91 Å². The van der Waals surface area contributed by atoms with E-state index >= 15 is 0 Å². The van der Waals surface area contributed by atoms with E-state index in [0.717, 1.165) is 22.5 Å². The Morgan fingerprint density at radius 3 is 2.28 bits per heavy atom. The summed E-state index contributed by atoms with van der Waals surface area (Å²) >= 11 is 0. The molecule has 3 nitrogen and oxygen atoms in total. The highest BCUT2D eigenvalue weighted by Gasteiger charge is 2.06. The fourth-order valence-electron chi connectivity index (χ4n) is 1.85. The van der Waals surface area contributed by atoms with Crippen molar-refractivity contribution in [3.8, 4) is 0 Å². The topological polar surface area (TPSA) is 42.0 Å². The molecular weight excluding hydrogens is 224 g/mol. The van der Waals surface area contributed by atoms with E-state index in [2.05, 4.69) is 16.4 Å². The number of nitrogens with one attached hydrogen (secondary N) is 1. The SMILES string of the molecule is Cc1cc(C)cc(NC(=O)c2ccc(C)nc2)c1. The van der Waals surface area contributed by atoms with Crippen molar-refractivity contribution in [3.63, 3.8) is 0 Å². The van der Waals surface area contributed by atoms with Crippen molar-refractivity contribution in [2.24, 2.45) is 0 Å². The molecule has 0 aliphatic rings. The van der Waals surface area contributed by atoms with E-state index in [9.17, 15) is 4.79 Å². The third-order valence-corrected chi connectivity index (χ3v) is 2.65. The molecule has 0 radical (unpaired) electrons. The third-order valence-electron chi connectivity index (χ3n) is 2.65. The first-order valence-corrected chi connectivity index (χ1v) is 5.87. The number of pyridine rings is 1. The summed E-state index contributed by atoms with van der Waals surface area (Å²) in [5.74, 6) is -0.132. The van der Waals surface area contributed by atoms with Crippen LogP contribution in [0.15, 0.2) is 36.5 Å². The Balaban J connectivity index is 2.18. The van der Waals surface area contributed by atoms with Gasteiger partial charge in [-0.15, -0.1) is 0 Å². The molecule has 0 spiro atoms. The van der Waals surface area contributed by atoms with Crippen molar-refractivity contribution in [1.29, 1.82) is 0 Å². The van der Waals surface area contributed by atoms with Crippen LogP contribution < -0.4 is 5.32 Å². The number of hydrogen-bond acceptors (Lipinski definition) is 2. The first-order chi connectivity index (χ1) is 8.54. The predicted molar refractivity (Wildman–Crippen MR) is 72.8 cm³/mol. The number of benzene rings is 1. The largest absolute Gasteiger partial charge is 0.322 e. The van der Waals surface area contributed by atoms with Crippen molar-refractivity contribution in [2.75, 3.05) is 5.32 Å². The van der Waals surface area contributed by atoms with Gasteiger partial charge in [0, 0.05) is 17.6 Å². The molecule has 1 aromatic heterocycles. The van der Waals surface area contributed by atoms with E-state index in [1.54, 1.807) is 12.3 Å². The number of anilines is 1. The summed E-state index contributed by atoms with van der Waals surface area (Å²) in [6.07, 6.45) is 1.59. The molecule has 0 atom stereocenters. The molecule has 1 aromatic carbocycles. The molecule has 0 unspecified atom stereocenters. The van der Waals surface area contributed by atoms with Gasteiger partial charge in [0.2, 0.25) is 0 Å². The summed E-state index contributed by atoms with van der Waals surface area (Å²) in [5, 5.41) is 2.88. The zero-order valence-electron chi connectivity index (χ0n) is 10.8. The Kier molecular flexibility index (Phi) is 3.42. The Hall–Kier alpha value is -2.16. The summed E-state index contributed by atoms with van der Waals surface area (Å²) in [4.78, 5) is 16.1. The second-order valence-electron chi connectivity index (χ2n) is 4.52. The van der Waals surface area contributed by atoms with Gasteiger partial charge in [-0.1, -0.05) is 6.07 Å². The minimum atomic E-state index is -0.132. The smallest absolute Gasteiger partial charge is 0.257 e. The summed E-state index contributed by atoms with van der Waals surface area (Å²) < 4.78 is 0. The lowest BCUT2D eigenvalue weighted by Crippen LogP contribution is -2.12. The second-order valence-corrected chi connectivity index (χ2v) is 4.52. The lowest BCUT2D eigenvalue weighted by molar-refractivity contribution is 0.102. The Morgan fingerprint density at radius 1 is 1.06 bits per heavy atom. The fraction of sp³-hybridized carbons (Fsp3) is 0.200. The Bertz CT molecular complexity index is 553. The van der Waals surface area contributed by atoms with Crippen LogP contribution in [0.3, 0.4) is 0 Å². The van der Waals surface area contributed by atoms with Crippen LogP contribution in [0.4, 0.5) is 5.69 Å². The highest BCUT2D eigenvalue weighted by molar-refractivity contribution is 6.04. The highest BCUT2D eigenvalue weighted by Crippen LogP contribution is 2.14. The molecule has 18 heavy (non-hydrogen) atoms. The summed E-state index contributed by atoms with van der Waals surface area (Å²) in [7, 11) is 0. The van der Waals surface area contributed by atoms with Crippen LogP contribution >= 0.6 is 0 Å².